The summed E-state index contributed by atoms with van der Waals surface area (Å²) in [6.45, 7) is 19.5. The Morgan fingerprint density at radius 3 is 2.42 bits per heavy atom. The molecular formula is C33H47N7. The number of piperazine rings is 1. The normalized spacial score (nSPS) is 19.3. The van der Waals surface area contributed by atoms with E-state index in [9.17, 15) is 0 Å². The molecule has 0 bridgehead atoms. The van der Waals surface area contributed by atoms with Crippen molar-refractivity contribution < 1.29 is 0 Å². The van der Waals surface area contributed by atoms with E-state index in [0.717, 1.165) is 89.0 Å². The molecule has 3 aliphatic rings. The van der Waals surface area contributed by atoms with Gasteiger partial charge in [-0.25, -0.2) is 9.97 Å². The average molecular weight is 542 g/mol. The first-order valence-corrected chi connectivity index (χ1v) is 15.2. The fourth-order valence-electron chi connectivity index (χ4n) is 6.05. The Bertz CT molecular complexity index is 1160. The number of likely N-dealkylation sites (N-methyl/N-ethyl adjacent to an activating group) is 1. The summed E-state index contributed by atoms with van der Waals surface area (Å²) in [7, 11) is 2.20. The summed E-state index contributed by atoms with van der Waals surface area (Å²) >= 11 is 0. The van der Waals surface area contributed by atoms with E-state index in [0.29, 0.717) is 0 Å². The van der Waals surface area contributed by atoms with Crippen molar-refractivity contribution in [3.8, 4) is 11.4 Å². The van der Waals surface area contributed by atoms with E-state index < -0.39 is 0 Å². The number of piperidine rings is 1. The van der Waals surface area contributed by atoms with E-state index in [1.807, 2.05) is 18.2 Å². The summed E-state index contributed by atoms with van der Waals surface area (Å²) in [5, 5.41) is 3.73. The highest BCUT2D eigenvalue weighted by Crippen LogP contribution is 2.29. The molecule has 0 saturated carbocycles. The molecular weight excluding hydrogens is 494 g/mol. The Labute approximate surface area is 241 Å². The maximum atomic E-state index is 5.13. The minimum Gasteiger partial charge on any atom is -0.370 e. The number of allylic oxidation sites excluding steroid dienone is 2. The van der Waals surface area contributed by atoms with Gasteiger partial charge in [0.25, 0.3) is 0 Å². The van der Waals surface area contributed by atoms with Crippen LogP contribution in [0.15, 0.2) is 61.2 Å². The standard InChI is InChI=1S/C33H47N7/c1-4-10-27(5-2)25-39-20-15-31-30(26-39)33(34-16-9-19-38-17-7-6-8-18-38)36-32(35-31)28-11-13-29(14-12-28)40-23-21-37(3)22-24-40/h4-5,10-14H,1-2,6-9,15-26H2,3H3,(H,34,35,36)/b27-10+. The van der Waals surface area contributed by atoms with E-state index in [4.69, 9.17) is 9.97 Å². The lowest BCUT2D eigenvalue weighted by Gasteiger charge is -2.34. The molecule has 0 atom stereocenters. The van der Waals surface area contributed by atoms with Crippen LogP contribution in [0, 0.1) is 0 Å². The average Bonchev–Trinajstić information content (AvgIpc) is 3.00. The Morgan fingerprint density at radius 1 is 0.925 bits per heavy atom. The second kappa shape index (κ2) is 14.1. The number of aromatic nitrogens is 2. The topological polar surface area (TPSA) is 50.8 Å². The van der Waals surface area contributed by atoms with Crippen molar-refractivity contribution in [2.75, 3.05) is 82.7 Å². The van der Waals surface area contributed by atoms with Crippen molar-refractivity contribution in [1.82, 2.24) is 24.7 Å². The van der Waals surface area contributed by atoms with Gasteiger partial charge < -0.3 is 20.0 Å². The maximum Gasteiger partial charge on any atom is 0.161 e. The van der Waals surface area contributed by atoms with E-state index in [1.165, 1.54) is 54.9 Å². The van der Waals surface area contributed by atoms with Gasteiger partial charge in [-0.2, -0.15) is 0 Å². The molecule has 1 aromatic carbocycles. The van der Waals surface area contributed by atoms with Gasteiger partial charge in [-0.05, 0) is 75.8 Å². The summed E-state index contributed by atoms with van der Waals surface area (Å²) in [6.07, 6.45) is 11.9. The van der Waals surface area contributed by atoms with Crippen molar-refractivity contribution in [2.45, 2.75) is 38.6 Å². The molecule has 0 spiro atoms. The van der Waals surface area contributed by atoms with Crippen LogP contribution in [0.2, 0.25) is 0 Å². The highest BCUT2D eigenvalue weighted by Gasteiger charge is 2.23. The molecule has 5 rings (SSSR count). The SMILES string of the molecule is C=C/C=C(\C=C)CN1CCc2nc(-c3ccc(N4CCN(C)CC4)cc3)nc(NCCCN3CCCCC3)c2C1. The molecule has 0 radical (unpaired) electrons. The molecule has 2 fully saturated rings. The second-order valence-corrected chi connectivity index (χ2v) is 11.5. The summed E-state index contributed by atoms with van der Waals surface area (Å²) in [5.41, 5.74) is 5.97. The molecule has 1 N–H and O–H groups in total. The van der Waals surface area contributed by atoms with Gasteiger partial charge in [0, 0.05) is 75.6 Å². The van der Waals surface area contributed by atoms with Crippen molar-refractivity contribution in [2.24, 2.45) is 0 Å². The third-order valence-corrected chi connectivity index (χ3v) is 8.53. The summed E-state index contributed by atoms with van der Waals surface area (Å²) in [4.78, 5) is 20.2. The van der Waals surface area contributed by atoms with Crippen LogP contribution in [0.4, 0.5) is 11.5 Å². The molecule has 1 aromatic heterocycles. The number of hydrogen-bond donors (Lipinski definition) is 1. The zero-order valence-corrected chi connectivity index (χ0v) is 24.5. The molecule has 7 heteroatoms. The molecule has 214 valence electrons. The largest absolute Gasteiger partial charge is 0.370 e. The number of likely N-dealkylation sites (tertiary alicyclic amines) is 1. The molecule has 4 heterocycles. The molecule has 7 nitrogen and oxygen atoms in total. The zero-order valence-electron chi connectivity index (χ0n) is 24.5. The predicted octanol–water partition coefficient (Wildman–Crippen LogP) is 4.84. The van der Waals surface area contributed by atoms with Gasteiger partial charge in [-0.3, -0.25) is 4.90 Å². The Kier molecular flexibility index (Phi) is 10.0. The van der Waals surface area contributed by atoms with Crippen molar-refractivity contribution in [1.29, 1.82) is 0 Å². The number of anilines is 2. The fraction of sp³-hybridized carbons (Fsp3) is 0.515. The fourth-order valence-corrected chi connectivity index (χ4v) is 6.05. The van der Waals surface area contributed by atoms with Gasteiger partial charge in [0.05, 0.1) is 5.69 Å². The van der Waals surface area contributed by atoms with Gasteiger partial charge in [0.2, 0.25) is 0 Å². The molecule has 0 unspecified atom stereocenters. The van der Waals surface area contributed by atoms with Crippen LogP contribution in [0.5, 0.6) is 0 Å². The van der Waals surface area contributed by atoms with Crippen molar-refractivity contribution in [3.05, 3.63) is 72.5 Å². The first-order valence-electron chi connectivity index (χ1n) is 15.2. The quantitative estimate of drug-likeness (QED) is 0.323. The number of rotatable bonds is 11. The summed E-state index contributed by atoms with van der Waals surface area (Å²) in [6, 6.07) is 8.86. The minimum atomic E-state index is 0.828. The second-order valence-electron chi connectivity index (χ2n) is 11.5. The zero-order chi connectivity index (χ0) is 27.7. The van der Waals surface area contributed by atoms with Crippen LogP contribution in [0.1, 0.15) is 36.9 Å². The maximum absolute atomic E-state index is 5.13. The van der Waals surface area contributed by atoms with Gasteiger partial charge in [0.1, 0.15) is 5.82 Å². The highest BCUT2D eigenvalue weighted by atomic mass is 15.2. The van der Waals surface area contributed by atoms with Gasteiger partial charge >= 0.3 is 0 Å². The van der Waals surface area contributed by atoms with Crippen molar-refractivity contribution in [3.63, 3.8) is 0 Å². The number of nitrogens with zero attached hydrogens (tertiary/aromatic N) is 6. The van der Waals surface area contributed by atoms with Crippen molar-refractivity contribution >= 4 is 11.5 Å². The van der Waals surface area contributed by atoms with E-state index in [1.54, 1.807) is 0 Å². The van der Waals surface area contributed by atoms with Crippen LogP contribution in [-0.4, -0.2) is 97.2 Å². The van der Waals surface area contributed by atoms with Gasteiger partial charge in [0.15, 0.2) is 5.82 Å². The molecule has 40 heavy (non-hydrogen) atoms. The van der Waals surface area contributed by atoms with Gasteiger partial charge in [-0.15, -0.1) is 0 Å². The van der Waals surface area contributed by atoms with E-state index in [-0.39, 0.29) is 0 Å². The van der Waals surface area contributed by atoms with Crippen LogP contribution >= 0.6 is 0 Å². The van der Waals surface area contributed by atoms with Gasteiger partial charge in [-0.1, -0.05) is 37.8 Å². The highest BCUT2D eigenvalue weighted by molar-refractivity contribution is 5.63. The van der Waals surface area contributed by atoms with Crippen LogP contribution < -0.4 is 10.2 Å². The smallest absolute Gasteiger partial charge is 0.161 e. The predicted molar refractivity (Wildman–Crippen MR) is 168 cm³/mol. The summed E-state index contributed by atoms with van der Waals surface area (Å²) in [5.74, 6) is 1.83. The van der Waals surface area contributed by atoms with Crippen LogP contribution in [0.3, 0.4) is 0 Å². The Morgan fingerprint density at radius 2 is 1.70 bits per heavy atom. The molecule has 0 aliphatic carbocycles. The number of fused-ring (bicyclic) bond motifs is 1. The monoisotopic (exact) mass is 541 g/mol. The Balaban J connectivity index is 1.33. The van der Waals surface area contributed by atoms with E-state index >= 15 is 0 Å². The molecule has 3 aliphatic heterocycles. The molecule has 2 aromatic rings. The molecule has 0 amide bonds. The summed E-state index contributed by atoms with van der Waals surface area (Å²) < 4.78 is 0. The lowest BCUT2D eigenvalue weighted by atomic mass is 10.0. The first kappa shape index (κ1) is 28.5. The number of nitrogens with one attached hydrogen (secondary N) is 1. The molecule has 2 saturated heterocycles. The first-order chi connectivity index (χ1) is 19.6. The lowest BCUT2D eigenvalue weighted by molar-refractivity contribution is 0.228. The number of hydrogen-bond acceptors (Lipinski definition) is 7. The number of benzene rings is 1. The van der Waals surface area contributed by atoms with Crippen LogP contribution in [0.25, 0.3) is 11.4 Å². The van der Waals surface area contributed by atoms with Crippen LogP contribution in [-0.2, 0) is 13.0 Å². The third-order valence-electron chi connectivity index (χ3n) is 8.53. The van der Waals surface area contributed by atoms with E-state index in [2.05, 4.69) is 69.4 Å². The Hall–Kier alpha value is -3.00. The lowest BCUT2D eigenvalue weighted by Crippen LogP contribution is -2.44. The minimum absolute atomic E-state index is 0.828. The third kappa shape index (κ3) is 7.39.